The highest BCUT2D eigenvalue weighted by Gasteiger charge is 2.23. The van der Waals surface area contributed by atoms with Crippen LogP contribution in [0.25, 0.3) is 0 Å². The Morgan fingerprint density at radius 3 is 2.57 bits per heavy atom. The molecular formula is C18H22N2O. The van der Waals surface area contributed by atoms with Crippen molar-refractivity contribution in [2.75, 3.05) is 26.7 Å². The number of hydrogen-bond donors (Lipinski definition) is 1. The van der Waals surface area contributed by atoms with E-state index in [0.717, 1.165) is 31.9 Å². The van der Waals surface area contributed by atoms with Crippen LogP contribution in [0.1, 0.15) is 17.2 Å². The van der Waals surface area contributed by atoms with Crippen molar-refractivity contribution in [1.29, 1.82) is 0 Å². The molecule has 1 heterocycles. The SMILES string of the molecule is COc1ccc(CN2CCNCC2c2ccccc2)cc1. The van der Waals surface area contributed by atoms with Crippen LogP contribution in [0.2, 0.25) is 0 Å². The van der Waals surface area contributed by atoms with Gasteiger partial charge in [0.1, 0.15) is 5.75 Å². The van der Waals surface area contributed by atoms with Crippen LogP contribution in [0.3, 0.4) is 0 Å². The molecule has 1 unspecified atom stereocenters. The fourth-order valence-corrected chi connectivity index (χ4v) is 2.90. The van der Waals surface area contributed by atoms with Crippen molar-refractivity contribution in [3.05, 3.63) is 65.7 Å². The van der Waals surface area contributed by atoms with Crippen LogP contribution in [0.15, 0.2) is 54.6 Å². The molecule has 3 rings (SSSR count). The third-order valence-electron chi connectivity index (χ3n) is 4.08. The summed E-state index contributed by atoms with van der Waals surface area (Å²) in [5.74, 6) is 0.915. The summed E-state index contributed by atoms with van der Waals surface area (Å²) in [6.07, 6.45) is 0. The Morgan fingerprint density at radius 1 is 1.10 bits per heavy atom. The molecule has 21 heavy (non-hydrogen) atoms. The van der Waals surface area contributed by atoms with Crippen molar-refractivity contribution in [2.45, 2.75) is 12.6 Å². The van der Waals surface area contributed by atoms with Crippen LogP contribution in [0.4, 0.5) is 0 Å². The van der Waals surface area contributed by atoms with Gasteiger partial charge in [0.05, 0.1) is 7.11 Å². The van der Waals surface area contributed by atoms with E-state index in [1.54, 1.807) is 7.11 Å². The molecule has 0 spiro atoms. The van der Waals surface area contributed by atoms with E-state index in [-0.39, 0.29) is 0 Å². The number of hydrogen-bond acceptors (Lipinski definition) is 3. The summed E-state index contributed by atoms with van der Waals surface area (Å²) < 4.78 is 5.23. The van der Waals surface area contributed by atoms with Gasteiger partial charge in [-0.15, -0.1) is 0 Å². The number of nitrogens with zero attached hydrogens (tertiary/aromatic N) is 1. The Bertz CT molecular complexity index is 553. The molecule has 1 aliphatic rings. The van der Waals surface area contributed by atoms with Gasteiger partial charge in [0.2, 0.25) is 0 Å². The average molecular weight is 282 g/mol. The number of ether oxygens (including phenoxy) is 1. The second-order valence-electron chi connectivity index (χ2n) is 5.45. The van der Waals surface area contributed by atoms with Crippen LogP contribution in [0, 0.1) is 0 Å². The summed E-state index contributed by atoms with van der Waals surface area (Å²) in [5.41, 5.74) is 2.72. The third kappa shape index (κ3) is 3.43. The highest BCUT2D eigenvalue weighted by molar-refractivity contribution is 5.27. The van der Waals surface area contributed by atoms with Crippen LogP contribution in [-0.4, -0.2) is 31.6 Å². The molecule has 0 aromatic heterocycles. The van der Waals surface area contributed by atoms with Crippen LogP contribution in [0.5, 0.6) is 5.75 Å². The summed E-state index contributed by atoms with van der Waals surface area (Å²) in [5, 5.41) is 3.51. The first-order valence-corrected chi connectivity index (χ1v) is 7.49. The molecule has 0 amide bonds. The minimum absolute atomic E-state index is 0.446. The molecule has 1 aliphatic heterocycles. The number of methoxy groups -OCH3 is 1. The average Bonchev–Trinajstić information content (AvgIpc) is 2.57. The summed E-state index contributed by atoms with van der Waals surface area (Å²) in [4.78, 5) is 2.55. The largest absolute Gasteiger partial charge is 0.497 e. The lowest BCUT2D eigenvalue weighted by molar-refractivity contribution is 0.153. The highest BCUT2D eigenvalue weighted by atomic mass is 16.5. The van der Waals surface area contributed by atoms with Gasteiger partial charge >= 0.3 is 0 Å². The normalized spacial score (nSPS) is 19.4. The van der Waals surface area contributed by atoms with E-state index >= 15 is 0 Å². The van der Waals surface area contributed by atoms with Gasteiger partial charge < -0.3 is 10.1 Å². The first-order valence-electron chi connectivity index (χ1n) is 7.49. The monoisotopic (exact) mass is 282 g/mol. The van der Waals surface area contributed by atoms with Gasteiger partial charge in [-0.25, -0.2) is 0 Å². The van der Waals surface area contributed by atoms with Crippen molar-refractivity contribution >= 4 is 0 Å². The first-order chi connectivity index (χ1) is 10.4. The van der Waals surface area contributed by atoms with E-state index in [1.165, 1.54) is 11.1 Å². The smallest absolute Gasteiger partial charge is 0.118 e. The van der Waals surface area contributed by atoms with E-state index in [9.17, 15) is 0 Å². The van der Waals surface area contributed by atoms with Crippen molar-refractivity contribution in [3.63, 3.8) is 0 Å². The maximum Gasteiger partial charge on any atom is 0.118 e. The van der Waals surface area contributed by atoms with Gasteiger partial charge in [-0.05, 0) is 23.3 Å². The van der Waals surface area contributed by atoms with Gasteiger partial charge in [-0.2, -0.15) is 0 Å². The Hall–Kier alpha value is -1.84. The molecule has 3 heteroatoms. The molecule has 0 bridgehead atoms. The third-order valence-corrected chi connectivity index (χ3v) is 4.08. The first kappa shape index (κ1) is 14.1. The maximum atomic E-state index is 5.23. The molecule has 2 aromatic rings. The van der Waals surface area contributed by atoms with Gasteiger partial charge in [0.25, 0.3) is 0 Å². The number of nitrogens with one attached hydrogen (secondary N) is 1. The minimum Gasteiger partial charge on any atom is -0.497 e. The summed E-state index contributed by atoms with van der Waals surface area (Å²) in [6.45, 7) is 4.12. The molecule has 0 radical (unpaired) electrons. The lowest BCUT2D eigenvalue weighted by atomic mass is 10.0. The second kappa shape index (κ2) is 6.74. The van der Waals surface area contributed by atoms with Crippen molar-refractivity contribution in [3.8, 4) is 5.75 Å². The number of piperazine rings is 1. The fraction of sp³-hybridized carbons (Fsp3) is 0.333. The van der Waals surface area contributed by atoms with Gasteiger partial charge in [0.15, 0.2) is 0 Å². The zero-order valence-electron chi connectivity index (χ0n) is 12.5. The molecule has 1 saturated heterocycles. The Labute approximate surface area is 126 Å². The van der Waals surface area contributed by atoms with Crippen LogP contribution in [-0.2, 0) is 6.54 Å². The molecule has 1 N–H and O–H groups in total. The highest BCUT2D eigenvalue weighted by Crippen LogP contribution is 2.24. The van der Waals surface area contributed by atoms with Crippen molar-refractivity contribution in [2.24, 2.45) is 0 Å². The van der Waals surface area contributed by atoms with Gasteiger partial charge in [-0.1, -0.05) is 42.5 Å². The van der Waals surface area contributed by atoms with E-state index in [4.69, 9.17) is 4.74 Å². The maximum absolute atomic E-state index is 5.23. The Balaban J connectivity index is 1.75. The van der Waals surface area contributed by atoms with Crippen LogP contribution < -0.4 is 10.1 Å². The molecule has 1 fully saturated rings. The Morgan fingerprint density at radius 2 is 1.86 bits per heavy atom. The molecular weight excluding hydrogens is 260 g/mol. The summed E-state index contributed by atoms with van der Waals surface area (Å²) in [6, 6.07) is 19.6. The molecule has 0 aliphatic carbocycles. The standard InChI is InChI=1S/C18H22N2O/c1-21-17-9-7-15(8-10-17)14-20-12-11-19-13-18(20)16-5-3-2-4-6-16/h2-10,18-19H,11-14H2,1H3. The van der Waals surface area contributed by atoms with E-state index in [2.05, 4.69) is 52.7 Å². The molecule has 2 aromatic carbocycles. The predicted molar refractivity (Wildman–Crippen MR) is 85.5 cm³/mol. The lowest BCUT2D eigenvalue weighted by Crippen LogP contribution is -2.45. The quantitative estimate of drug-likeness (QED) is 0.933. The molecule has 1 atom stereocenters. The van der Waals surface area contributed by atoms with Crippen molar-refractivity contribution < 1.29 is 4.74 Å². The second-order valence-corrected chi connectivity index (χ2v) is 5.45. The lowest BCUT2D eigenvalue weighted by Gasteiger charge is -2.36. The van der Waals surface area contributed by atoms with Gasteiger partial charge in [0, 0.05) is 32.2 Å². The summed E-state index contributed by atoms with van der Waals surface area (Å²) >= 11 is 0. The van der Waals surface area contributed by atoms with Gasteiger partial charge in [-0.3, -0.25) is 4.90 Å². The molecule has 110 valence electrons. The number of rotatable bonds is 4. The molecule has 0 saturated carbocycles. The van der Waals surface area contributed by atoms with E-state index in [0.29, 0.717) is 6.04 Å². The zero-order valence-corrected chi connectivity index (χ0v) is 12.5. The number of benzene rings is 2. The minimum atomic E-state index is 0.446. The van der Waals surface area contributed by atoms with E-state index < -0.39 is 0 Å². The zero-order chi connectivity index (χ0) is 14.5. The van der Waals surface area contributed by atoms with Crippen molar-refractivity contribution in [1.82, 2.24) is 10.2 Å². The Kier molecular flexibility index (Phi) is 4.53. The fourth-order valence-electron chi connectivity index (χ4n) is 2.90. The topological polar surface area (TPSA) is 24.5 Å². The molecule has 3 nitrogen and oxygen atoms in total. The summed E-state index contributed by atoms with van der Waals surface area (Å²) in [7, 11) is 1.71. The van der Waals surface area contributed by atoms with Crippen LogP contribution >= 0.6 is 0 Å². The predicted octanol–water partition coefficient (Wildman–Crippen LogP) is 2.84. The van der Waals surface area contributed by atoms with E-state index in [1.807, 2.05) is 12.1 Å².